The third kappa shape index (κ3) is 1.41. The number of amides is 1. The van der Waals surface area contributed by atoms with E-state index in [1.165, 1.54) is 13.2 Å². The average Bonchev–Trinajstić information content (AvgIpc) is 2.62. The van der Waals surface area contributed by atoms with Gasteiger partial charge in [-0.3, -0.25) is 9.59 Å². The van der Waals surface area contributed by atoms with E-state index in [-0.39, 0.29) is 0 Å². The van der Waals surface area contributed by atoms with Crippen molar-refractivity contribution in [1.82, 2.24) is 0 Å². The summed E-state index contributed by atoms with van der Waals surface area (Å²) >= 11 is 0. The monoisotopic (exact) mass is 216 g/mol. The number of methoxy groups -OCH3 is 1. The van der Waals surface area contributed by atoms with Gasteiger partial charge in [0.15, 0.2) is 5.92 Å². The fourth-order valence-corrected chi connectivity index (χ4v) is 1.68. The standard InChI is InChI=1S/C11H8N2O3/c1-16-11(15)9-7-3-2-6(5-12)4-8(7)13-10(9)14/h2-4,9H,1H3,(H,13,14). The van der Waals surface area contributed by atoms with Gasteiger partial charge in [-0.15, -0.1) is 0 Å². The highest BCUT2D eigenvalue weighted by molar-refractivity contribution is 6.15. The lowest BCUT2D eigenvalue weighted by Gasteiger charge is -2.05. The molecule has 0 spiro atoms. The first-order valence-electron chi connectivity index (χ1n) is 4.60. The smallest absolute Gasteiger partial charge is 0.322 e. The summed E-state index contributed by atoms with van der Waals surface area (Å²) in [5.41, 5.74) is 1.49. The van der Waals surface area contributed by atoms with Crippen molar-refractivity contribution in [2.24, 2.45) is 0 Å². The van der Waals surface area contributed by atoms with E-state index >= 15 is 0 Å². The van der Waals surface area contributed by atoms with Crippen molar-refractivity contribution in [3.05, 3.63) is 29.3 Å². The van der Waals surface area contributed by atoms with Crippen LogP contribution in [0.2, 0.25) is 0 Å². The van der Waals surface area contributed by atoms with Crippen LogP contribution in [0.3, 0.4) is 0 Å². The summed E-state index contributed by atoms with van der Waals surface area (Å²) < 4.78 is 4.55. The summed E-state index contributed by atoms with van der Waals surface area (Å²) in [6.07, 6.45) is 0. The molecule has 1 N–H and O–H groups in total. The Kier molecular flexibility index (Phi) is 2.33. The van der Waals surface area contributed by atoms with E-state index in [1.54, 1.807) is 12.1 Å². The second kappa shape index (κ2) is 3.66. The SMILES string of the molecule is COC(=O)C1C(=O)Nc2cc(C#N)ccc21. The molecular formula is C11H8N2O3. The van der Waals surface area contributed by atoms with E-state index < -0.39 is 17.8 Å². The molecule has 1 unspecified atom stereocenters. The number of carbonyl (C=O) groups excluding carboxylic acids is 2. The lowest BCUT2D eigenvalue weighted by molar-refractivity contribution is -0.144. The van der Waals surface area contributed by atoms with Crippen LogP contribution in [0.4, 0.5) is 5.69 Å². The molecule has 1 atom stereocenters. The van der Waals surface area contributed by atoms with E-state index in [2.05, 4.69) is 10.1 Å². The largest absolute Gasteiger partial charge is 0.468 e. The molecule has 5 heteroatoms. The minimum absolute atomic E-state index is 0.420. The van der Waals surface area contributed by atoms with Crippen molar-refractivity contribution in [2.75, 3.05) is 12.4 Å². The van der Waals surface area contributed by atoms with E-state index in [4.69, 9.17) is 5.26 Å². The summed E-state index contributed by atoms with van der Waals surface area (Å²) in [5.74, 6) is -1.94. The van der Waals surface area contributed by atoms with Gasteiger partial charge in [-0.05, 0) is 17.7 Å². The van der Waals surface area contributed by atoms with Gasteiger partial charge in [0, 0.05) is 5.69 Å². The van der Waals surface area contributed by atoms with Crippen LogP contribution >= 0.6 is 0 Å². The van der Waals surface area contributed by atoms with Crippen LogP contribution in [0, 0.1) is 11.3 Å². The first-order chi connectivity index (χ1) is 7.67. The molecule has 5 nitrogen and oxygen atoms in total. The Hall–Kier alpha value is -2.35. The number of nitrogens with zero attached hydrogens (tertiary/aromatic N) is 1. The minimum Gasteiger partial charge on any atom is -0.468 e. The molecule has 1 aliphatic heterocycles. The molecule has 0 aliphatic carbocycles. The second-order valence-electron chi connectivity index (χ2n) is 3.36. The van der Waals surface area contributed by atoms with Crippen LogP contribution in [0.15, 0.2) is 18.2 Å². The van der Waals surface area contributed by atoms with Crippen LogP contribution in [-0.4, -0.2) is 19.0 Å². The number of nitrogens with one attached hydrogen (secondary N) is 1. The number of hydrogen-bond donors (Lipinski definition) is 1. The molecule has 0 saturated heterocycles. The highest BCUT2D eigenvalue weighted by atomic mass is 16.5. The molecular weight excluding hydrogens is 208 g/mol. The van der Waals surface area contributed by atoms with E-state index in [1.807, 2.05) is 6.07 Å². The molecule has 0 bridgehead atoms. The number of esters is 1. The molecule has 80 valence electrons. The number of rotatable bonds is 1. The Morgan fingerprint density at radius 3 is 2.94 bits per heavy atom. The zero-order valence-electron chi connectivity index (χ0n) is 8.48. The van der Waals surface area contributed by atoms with Crippen molar-refractivity contribution in [1.29, 1.82) is 5.26 Å². The van der Waals surface area contributed by atoms with Gasteiger partial charge in [0.2, 0.25) is 5.91 Å². The Labute approximate surface area is 91.6 Å². The molecule has 0 fully saturated rings. The maximum atomic E-state index is 11.5. The topological polar surface area (TPSA) is 79.2 Å². The Balaban J connectivity index is 2.47. The molecule has 2 rings (SSSR count). The van der Waals surface area contributed by atoms with Gasteiger partial charge >= 0.3 is 5.97 Å². The van der Waals surface area contributed by atoms with Crippen LogP contribution in [0.5, 0.6) is 0 Å². The van der Waals surface area contributed by atoms with Gasteiger partial charge in [-0.25, -0.2) is 0 Å². The maximum absolute atomic E-state index is 11.5. The molecule has 0 saturated carbocycles. The number of ether oxygens (including phenoxy) is 1. The normalized spacial score (nSPS) is 17.2. The molecule has 1 aliphatic rings. The van der Waals surface area contributed by atoms with Gasteiger partial charge in [-0.2, -0.15) is 5.26 Å². The fraction of sp³-hybridized carbons (Fsp3) is 0.182. The molecule has 1 amide bonds. The van der Waals surface area contributed by atoms with Gasteiger partial charge in [0.25, 0.3) is 0 Å². The predicted molar refractivity (Wildman–Crippen MR) is 54.5 cm³/mol. The number of anilines is 1. The molecule has 1 heterocycles. The second-order valence-corrected chi connectivity index (χ2v) is 3.36. The molecule has 0 aromatic heterocycles. The van der Waals surface area contributed by atoms with E-state index in [9.17, 15) is 9.59 Å². The van der Waals surface area contributed by atoms with Crippen LogP contribution in [0.25, 0.3) is 0 Å². The van der Waals surface area contributed by atoms with Gasteiger partial charge in [0.1, 0.15) is 0 Å². The average molecular weight is 216 g/mol. The first-order valence-corrected chi connectivity index (χ1v) is 4.60. The number of nitriles is 1. The number of carbonyl (C=O) groups is 2. The minimum atomic E-state index is -0.923. The number of hydrogen-bond acceptors (Lipinski definition) is 4. The van der Waals surface area contributed by atoms with Gasteiger partial charge in [0.05, 0.1) is 18.7 Å². The highest BCUT2D eigenvalue weighted by Crippen LogP contribution is 2.33. The summed E-state index contributed by atoms with van der Waals surface area (Å²) in [7, 11) is 1.23. The van der Waals surface area contributed by atoms with E-state index in [0.29, 0.717) is 16.8 Å². The van der Waals surface area contributed by atoms with Gasteiger partial charge < -0.3 is 10.1 Å². The summed E-state index contributed by atoms with van der Waals surface area (Å²) in [5, 5.41) is 11.2. The lowest BCUT2D eigenvalue weighted by atomic mass is 10.00. The first kappa shape index (κ1) is 10.2. The lowest BCUT2D eigenvalue weighted by Crippen LogP contribution is -2.21. The summed E-state index contributed by atoms with van der Waals surface area (Å²) in [6, 6.07) is 6.66. The predicted octanol–water partition coefficient (Wildman–Crippen LogP) is 0.767. The van der Waals surface area contributed by atoms with Crippen LogP contribution < -0.4 is 5.32 Å². The molecule has 1 aromatic carbocycles. The van der Waals surface area contributed by atoms with Crippen molar-refractivity contribution in [2.45, 2.75) is 5.92 Å². The fourth-order valence-electron chi connectivity index (χ4n) is 1.68. The Bertz CT molecular complexity index is 516. The Morgan fingerprint density at radius 2 is 2.31 bits per heavy atom. The zero-order chi connectivity index (χ0) is 11.7. The van der Waals surface area contributed by atoms with Crippen molar-refractivity contribution >= 4 is 17.6 Å². The van der Waals surface area contributed by atoms with Crippen molar-refractivity contribution < 1.29 is 14.3 Å². The van der Waals surface area contributed by atoms with Crippen LogP contribution in [0.1, 0.15) is 17.0 Å². The highest BCUT2D eigenvalue weighted by Gasteiger charge is 2.37. The number of benzene rings is 1. The summed E-state index contributed by atoms with van der Waals surface area (Å²) in [6.45, 7) is 0. The van der Waals surface area contributed by atoms with E-state index in [0.717, 1.165) is 0 Å². The maximum Gasteiger partial charge on any atom is 0.322 e. The number of fused-ring (bicyclic) bond motifs is 1. The molecule has 16 heavy (non-hydrogen) atoms. The molecule has 1 aromatic rings. The quantitative estimate of drug-likeness (QED) is 0.555. The van der Waals surface area contributed by atoms with Crippen molar-refractivity contribution in [3.63, 3.8) is 0 Å². The van der Waals surface area contributed by atoms with Gasteiger partial charge in [-0.1, -0.05) is 6.07 Å². The third-order valence-electron chi connectivity index (χ3n) is 2.45. The molecule has 0 radical (unpaired) electrons. The van der Waals surface area contributed by atoms with Crippen LogP contribution in [-0.2, 0) is 14.3 Å². The zero-order valence-corrected chi connectivity index (χ0v) is 8.48. The van der Waals surface area contributed by atoms with Crippen molar-refractivity contribution in [3.8, 4) is 6.07 Å². The summed E-state index contributed by atoms with van der Waals surface area (Å²) in [4.78, 5) is 22.9. The Morgan fingerprint density at radius 1 is 1.56 bits per heavy atom. The third-order valence-corrected chi connectivity index (χ3v) is 2.45.